The molecule has 1 aliphatic heterocycles. The molecule has 0 saturated carbocycles. The van der Waals surface area contributed by atoms with E-state index in [2.05, 4.69) is 0 Å². The fourth-order valence-electron chi connectivity index (χ4n) is 2.04. The molecule has 0 bridgehead atoms. The van der Waals surface area contributed by atoms with E-state index in [4.69, 9.17) is 0 Å². The van der Waals surface area contributed by atoms with Crippen molar-refractivity contribution < 1.29 is 14.0 Å². The fourth-order valence-corrected chi connectivity index (χ4v) is 2.84. The van der Waals surface area contributed by atoms with Crippen LogP contribution < -0.4 is 0 Å². The molecule has 2 rings (SSSR count). The Labute approximate surface area is 121 Å². The molecule has 1 aromatic rings. The Morgan fingerprint density at radius 2 is 1.65 bits per heavy atom. The zero-order valence-corrected chi connectivity index (χ0v) is 12.2. The number of nitrogens with zero attached hydrogens (tertiary/aromatic N) is 2. The average Bonchev–Trinajstić information content (AvgIpc) is 2.46. The van der Waals surface area contributed by atoms with Crippen LogP contribution in [0.25, 0.3) is 0 Å². The van der Waals surface area contributed by atoms with E-state index < -0.39 is 0 Å². The Bertz CT molecular complexity index is 484. The summed E-state index contributed by atoms with van der Waals surface area (Å²) in [4.78, 5) is 27.6. The van der Waals surface area contributed by atoms with Crippen LogP contribution in [0.3, 0.4) is 0 Å². The van der Waals surface area contributed by atoms with Gasteiger partial charge in [-0.3, -0.25) is 9.59 Å². The molecule has 108 valence electrons. The monoisotopic (exact) mass is 296 g/mol. The van der Waals surface area contributed by atoms with Crippen LogP contribution in [0.1, 0.15) is 6.92 Å². The lowest BCUT2D eigenvalue weighted by Crippen LogP contribution is -2.50. The van der Waals surface area contributed by atoms with Gasteiger partial charge in [0.1, 0.15) is 5.82 Å². The average molecular weight is 296 g/mol. The summed E-state index contributed by atoms with van der Waals surface area (Å²) < 4.78 is 12.8. The minimum Gasteiger partial charge on any atom is -0.339 e. The van der Waals surface area contributed by atoms with Gasteiger partial charge >= 0.3 is 0 Å². The van der Waals surface area contributed by atoms with Gasteiger partial charge in [0.15, 0.2) is 0 Å². The topological polar surface area (TPSA) is 40.6 Å². The van der Waals surface area contributed by atoms with Crippen molar-refractivity contribution in [1.82, 2.24) is 9.80 Å². The number of piperazine rings is 1. The lowest BCUT2D eigenvalue weighted by molar-refractivity contribution is -0.136. The first-order valence-electron chi connectivity index (χ1n) is 6.48. The molecule has 1 saturated heterocycles. The summed E-state index contributed by atoms with van der Waals surface area (Å²) in [6.45, 7) is 3.91. The smallest absolute Gasteiger partial charge is 0.233 e. The van der Waals surface area contributed by atoms with Gasteiger partial charge in [0, 0.05) is 38.0 Å². The first-order valence-corrected chi connectivity index (χ1v) is 7.46. The maximum Gasteiger partial charge on any atom is 0.233 e. The fraction of sp³-hybridized carbons (Fsp3) is 0.429. The molecule has 0 spiro atoms. The normalized spacial score (nSPS) is 15.3. The van der Waals surface area contributed by atoms with Crippen LogP contribution >= 0.6 is 11.8 Å². The molecule has 0 aromatic heterocycles. The van der Waals surface area contributed by atoms with Gasteiger partial charge in [-0.1, -0.05) is 0 Å². The van der Waals surface area contributed by atoms with Crippen molar-refractivity contribution in [2.24, 2.45) is 0 Å². The number of halogens is 1. The number of hydrogen-bond donors (Lipinski definition) is 0. The molecule has 2 amide bonds. The summed E-state index contributed by atoms with van der Waals surface area (Å²) in [5, 5.41) is 0. The highest BCUT2D eigenvalue weighted by atomic mass is 32.2. The van der Waals surface area contributed by atoms with Crippen molar-refractivity contribution in [2.75, 3.05) is 31.9 Å². The number of benzene rings is 1. The van der Waals surface area contributed by atoms with Gasteiger partial charge < -0.3 is 9.80 Å². The third-order valence-electron chi connectivity index (χ3n) is 3.25. The molecule has 0 N–H and O–H groups in total. The first-order chi connectivity index (χ1) is 9.56. The molecular formula is C14H17FN2O2S. The van der Waals surface area contributed by atoms with Gasteiger partial charge in [0.05, 0.1) is 5.75 Å². The van der Waals surface area contributed by atoms with Crippen LogP contribution in [0.5, 0.6) is 0 Å². The van der Waals surface area contributed by atoms with Crippen LogP contribution in [0, 0.1) is 5.82 Å². The highest BCUT2D eigenvalue weighted by molar-refractivity contribution is 8.00. The van der Waals surface area contributed by atoms with Crippen LogP contribution in [-0.4, -0.2) is 53.5 Å². The molecule has 1 heterocycles. The second kappa shape index (κ2) is 6.74. The van der Waals surface area contributed by atoms with Crippen LogP contribution in [0.2, 0.25) is 0 Å². The highest BCUT2D eigenvalue weighted by Crippen LogP contribution is 2.18. The number of rotatable bonds is 3. The number of amides is 2. The predicted octanol–water partition coefficient (Wildman–Crippen LogP) is 1.61. The van der Waals surface area contributed by atoms with E-state index in [1.807, 2.05) is 0 Å². The Balaban J connectivity index is 1.78. The Morgan fingerprint density at radius 1 is 1.10 bits per heavy atom. The van der Waals surface area contributed by atoms with E-state index in [1.54, 1.807) is 28.9 Å². The van der Waals surface area contributed by atoms with E-state index in [-0.39, 0.29) is 17.6 Å². The number of hydrogen-bond acceptors (Lipinski definition) is 3. The highest BCUT2D eigenvalue weighted by Gasteiger charge is 2.22. The molecule has 1 aromatic carbocycles. The van der Waals surface area contributed by atoms with Gasteiger partial charge in [-0.15, -0.1) is 11.8 Å². The van der Waals surface area contributed by atoms with Crippen molar-refractivity contribution in [3.05, 3.63) is 30.1 Å². The van der Waals surface area contributed by atoms with Crippen LogP contribution in [0.4, 0.5) is 4.39 Å². The van der Waals surface area contributed by atoms with E-state index in [9.17, 15) is 14.0 Å². The Kier molecular flexibility index (Phi) is 5.00. The van der Waals surface area contributed by atoms with E-state index >= 15 is 0 Å². The summed E-state index contributed by atoms with van der Waals surface area (Å²) in [5.41, 5.74) is 0. The maximum atomic E-state index is 12.8. The van der Waals surface area contributed by atoms with Gasteiger partial charge in [-0.25, -0.2) is 4.39 Å². The second-order valence-corrected chi connectivity index (χ2v) is 5.68. The van der Waals surface area contributed by atoms with Crippen molar-refractivity contribution >= 4 is 23.6 Å². The zero-order valence-electron chi connectivity index (χ0n) is 11.3. The summed E-state index contributed by atoms with van der Waals surface area (Å²) >= 11 is 1.40. The Morgan fingerprint density at radius 3 is 2.20 bits per heavy atom. The minimum absolute atomic E-state index is 0.0535. The van der Waals surface area contributed by atoms with Gasteiger partial charge in [0.25, 0.3) is 0 Å². The maximum absolute atomic E-state index is 12.8. The molecule has 6 heteroatoms. The van der Waals surface area contributed by atoms with Crippen LogP contribution in [-0.2, 0) is 9.59 Å². The third kappa shape index (κ3) is 3.96. The van der Waals surface area contributed by atoms with Gasteiger partial charge in [0.2, 0.25) is 11.8 Å². The molecular weight excluding hydrogens is 279 g/mol. The summed E-state index contributed by atoms with van der Waals surface area (Å²) in [5.74, 6) is 0.174. The number of carbonyl (C=O) groups is 2. The largest absolute Gasteiger partial charge is 0.339 e. The molecule has 1 fully saturated rings. The lowest BCUT2D eigenvalue weighted by Gasteiger charge is -2.34. The molecule has 0 atom stereocenters. The van der Waals surface area contributed by atoms with E-state index in [0.29, 0.717) is 31.9 Å². The van der Waals surface area contributed by atoms with Crippen LogP contribution in [0.15, 0.2) is 29.2 Å². The SMILES string of the molecule is CC(=O)N1CCN(C(=O)CSc2ccc(F)cc2)CC1. The van der Waals surface area contributed by atoms with Gasteiger partial charge in [-0.2, -0.15) is 0 Å². The Hall–Kier alpha value is -1.56. The molecule has 0 radical (unpaired) electrons. The zero-order chi connectivity index (χ0) is 14.5. The minimum atomic E-state index is -0.277. The second-order valence-electron chi connectivity index (χ2n) is 4.63. The molecule has 1 aliphatic rings. The van der Waals surface area contributed by atoms with Crippen molar-refractivity contribution in [1.29, 1.82) is 0 Å². The third-order valence-corrected chi connectivity index (χ3v) is 4.25. The first kappa shape index (κ1) is 14.8. The van der Waals surface area contributed by atoms with Crippen molar-refractivity contribution in [2.45, 2.75) is 11.8 Å². The summed E-state index contributed by atoms with van der Waals surface area (Å²) in [7, 11) is 0. The predicted molar refractivity (Wildman–Crippen MR) is 76.0 cm³/mol. The van der Waals surface area contributed by atoms with Gasteiger partial charge in [-0.05, 0) is 24.3 Å². The standard InChI is InChI=1S/C14H17FN2O2S/c1-11(18)16-6-8-17(9-7-16)14(19)10-20-13-4-2-12(15)3-5-13/h2-5H,6-10H2,1H3. The quantitative estimate of drug-likeness (QED) is 0.796. The summed E-state index contributed by atoms with van der Waals surface area (Å²) in [6.07, 6.45) is 0. The van der Waals surface area contributed by atoms with E-state index in [0.717, 1.165) is 4.90 Å². The molecule has 0 aliphatic carbocycles. The number of carbonyl (C=O) groups excluding carboxylic acids is 2. The molecule has 4 nitrogen and oxygen atoms in total. The molecule has 0 unspecified atom stereocenters. The number of thioether (sulfide) groups is 1. The lowest BCUT2D eigenvalue weighted by atomic mass is 10.3. The molecule has 20 heavy (non-hydrogen) atoms. The van der Waals surface area contributed by atoms with Crippen molar-refractivity contribution in [3.8, 4) is 0 Å². The van der Waals surface area contributed by atoms with E-state index in [1.165, 1.54) is 23.9 Å². The summed E-state index contributed by atoms with van der Waals surface area (Å²) in [6, 6.07) is 6.11. The van der Waals surface area contributed by atoms with Crippen molar-refractivity contribution in [3.63, 3.8) is 0 Å².